The van der Waals surface area contributed by atoms with Crippen molar-refractivity contribution in [1.29, 1.82) is 0 Å². The van der Waals surface area contributed by atoms with Crippen molar-refractivity contribution in [3.63, 3.8) is 0 Å². The molecule has 0 saturated carbocycles. The van der Waals surface area contributed by atoms with Crippen LogP contribution in [-0.4, -0.2) is 69.8 Å². The molecule has 0 saturated heterocycles. The molecule has 3 aromatic carbocycles. The molecule has 252 valence electrons. The molecular weight excluding hydrogens is 761 g/mol. The van der Waals surface area contributed by atoms with Crippen molar-refractivity contribution in [3.8, 4) is 5.75 Å². The number of hydrogen-bond donors (Lipinski definition) is 5. The first-order chi connectivity index (χ1) is 22.5. The number of phenols is 1. The van der Waals surface area contributed by atoms with Crippen molar-refractivity contribution in [2.45, 2.75) is 14.7 Å². The molecule has 25 heteroatoms. The van der Waals surface area contributed by atoms with Crippen LogP contribution >= 0.6 is 35.7 Å². The summed E-state index contributed by atoms with van der Waals surface area (Å²) < 4.78 is 59.9. The fourth-order valence-electron chi connectivity index (χ4n) is 3.94. The number of aliphatic hydroxyl groups excluding tert-OH is 2. The Morgan fingerprint density at radius 3 is 2.37 bits per heavy atom. The molecule has 0 aliphatic carbocycles. The summed E-state index contributed by atoms with van der Waals surface area (Å²) in [6, 6.07) is 9.01. The summed E-state index contributed by atoms with van der Waals surface area (Å²) in [5.74, 6) is -2.28. The Kier molecular flexibility index (Phi) is 18.3. The number of nitrogens with one attached hydrogen (secondary N) is 1. The summed E-state index contributed by atoms with van der Waals surface area (Å²) in [4.78, 5) is 8.55. The van der Waals surface area contributed by atoms with Crippen LogP contribution in [0.5, 0.6) is 5.75 Å². The molecule has 1 heterocycles. The average Bonchev–Trinajstić information content (AvgIpc) is 3.04. The second kappa shape index (κ2) is 20.5. The van der Waals surface area contributed by atoms with Gasteiger partial charge in [0.05, 0.1) is 47.1 Å². The number of phenolic OH excluding ortho intramolecular Hbond substituents is 1. The van der Waals surface area contributed by atoms with Gasteiger partial charge >= 0.3 is 59.1 Å². The van der Waals surface area contributed by atoms with Gasteiger partial charge in [0.25, 0.3) is 0 Å². The fourth-order valence-corrected chi connectivity index (χ4v) is 5.54. The van der Waals surface area contributed by atoms with E-state index in [1.807, 2.05) is 0 Å². The molecule has 0 radical (unpaired) electrons. The Hall–Kier alpha value is -1.49. The van der Waals surface area contributed by atoms with Crippen LogP contribution in [0.4, 0.5) is 33.2 Å². The van der Waals surface area contributed by atoms with Crippen molar-refractivity contribution in [3.05, 3.63) is 53.4 Å². The van der Waals surface area contributed by atoms with Gasteiger partial charge in [-0.05, 0) is 47.9 Å². The van der Waals surface area contributed by atoms with Crippen molar-refractivity contribution >= 4 is 85.4 Å². The number of benzene rings is 3. The molecule has 4 aromatic rings. The summed E-state index contributed by atoms with van der Waals surface area (Å²) >= 11 is 7.01. The van der Waals surface area contributed by atoms with Gasteiger partial charge in [-0.3, -0.25) is 5.04 Å². The number of anilines is 3. The topological polar surface area (TPSA) is 264 Å². The maximum Gasteiger partial charge on any atom is 1.00 e. The van der Waals surface area contributed by atoms with Gasteiger partial charge in [-0.2, -0.15) is 18.7 Å². The molecule has 0 unspecified atom stereocenters. The van der Waals surface area contributed by atoms with E-state index in [9.17, 15) is 37.9 Å². The smallest absolute Gasteiger partial charge is 0.744 e. The number of fused-ring (bicyclic) bond motifs is 1. The molecule has 0 atom stereocenters. The molecule has 18 nitrogen and oxygen atoms in total. The Bertz CT molecular complexity index is 1880. The Balaban J connectivity index is 0.00000417. The predicted molar refractivity (Wildman–Crippen MR) is 160 cm³/mol. The summed E-state index contributed by atoms with van der Waals surface area (Å²) in [6.45, 7) is -0.757. The first-order valence-corrected chi connectivity index (χ1v) is 15.8. The molecule has 49 heavy (non-hydrogen) atoms. The summed E-state index contributed by atoms with van der Waals surface area (Å²) in [5.41, 5.74) is -0.705. The first-order valence-electron chi connectivity index (χ1n) is 12.6. The molecular formula is C24H20ClFN6Na2O12S3. The minimum atomic E-state index is -5.25. The average molecular weight is 781 g/mol. The first kappa shape index (κ1) is 43.7. The van der Waals surface area contributed by atoms with E-state index in [2.05, 4.69) is 44.3 Å². The summed E-state index contributed by atoms with van der Waals surface area (Å²) in [7, 11) is -5.25. The second-order valence-corrected chi connectivity index (χ2v) is 12.0. The normalized spacial score (nSPS) is 11.4. The van der Waals surface area contributed by atoms with Gasteiger partial charge in [-0.15, -0.1) is 14.6 Å². The van der Waals surface area contributed by atoms with E-state index >= 15 is 0 Å². The predicted octanol–water partition coefficient (Wildman–Crippen LogP) is -2.35. The van der Waals surface area contributed by atoms with Crippen molar-refractivity contribution < 1.29 is 121 Å². The maximum absolute atomic E-state index is 14.6. The third-order valence-electron chi connectivity index (χ3n) is 5.91. The van der Waals surface area contributed by atoms with Crippen LogP contribution in [0.3, 0.4) is 0 Å². The van der Waals surface area contributed by atoms with Crippen LogP contribution in [-0.2, 0) is 28.9 Å². The van der Waals surface area contributed by atoms with Crippen LogP contribution in [0.2, 0.25) is 5.02 Å². The minimum Gasteiger partial charge on any atom is -0.744 e. The third kappa shape index (κ3) is 11.5. The monoisotopic (exact) mass is 780 g/mol. The molecule has 0 bridgehead atoms. The van der Waals surface area contributed by atoms with Crippen molar-refractivity contribution in [1.82, 2.24) is 9.97 Å². The number of aliphatic hydroxyl groups is 2. The second-order valence-electron chi connectivity index (χ2n) is 8.77. The van der Waals surface area contributed by atoms with Crippen LogP contribution in [0.25, 0.3) is 10.8 Å². The molecule has 4 rings (SSSR count). The molecule has 0 spiro atoms. The van der Waals surface area contributed by atoms with E-state index in [1.54, 1.807) is 0 Å². The van der Waals surface area contributed by atoms with Gasteiger partial charge in [0.2, 0.25) is 11.9 Å². The number of hydrogen-bond acceptors (Lipinski definition) is 20. The van der Waals surface area contributed by atoms with Crippen LogP contribution < -0.4 is 74.6 Å². The van der Waals surface area contributed by atoms with E-state index in [-0.39, 0.29) is 129 Å². The maximum atomic E-state index is 14.6. The van der Waals surface area contributed by atoms with Crippen LogP contribution in [0, 0.1) is 5.95 Å². The minimum absolute atomic E-state index is 0. The van der Waals surface area contributed by atoms with Gasteiger partial charge in [-0.25, -0.2) is 13.7 Å². The molecule has 5 N–H and O–H groups in total. The fraction of sp³-hybridized carbons (Fsp3) is 0.167. The number of azo groups is 1. The van der Waals surface area contributed by atoms with E-state index in [1.165, 1.54) is 41.3 Å². The zero-order chi connectivity index (χ0) is 34.1. The number of rotatable bonds is 16. The largest absolute Gasteiger partial charge is 1.00 e. The van der Waals surface area contributed by atoms with Crippen molar-refractivity contribution in [2.75, 3.05) is 36.5 Å². The molecule has 0 aliphatic heterocycles. The number of halogens is 2. The van der Waals surface area contributed by atoms with Gasteiger partial charge in [0, 0.05) is 29.1 Å². The Labute approximate surface area is 334 Å². The standard InChI is InChI=1S/C24H22ClFN6O12S3.2Na/c25-19-22(26)28-24(32(5-7-33)6-8-34)29-23(19)27-13-1-4-17(46-44-42-37)16(11-13)30-31-20-18(47(38,39)40)10-12-9-14(45-43-41-36)2-3-15(12)21(20)35;;/h1-4,9-11,33-37H,5-8H2,(H,27,28,29)(H,38,39,40);;/q;2*+1/p-2. The van der Waals surface area contributed by atoms with Crippen molar-refractivity contribution in [2.24, 2.45) is 10.2 Å². The molecule has 0 fully saturated rings. The van der Waals surface area contributed by atoms with Gasteiger partial charge in [0.1, 0.15) is 26.5 Å². The Morgan fingerprint density at radius 2 is 1.73 bits per heavy atom. The third-order valence-corrected chi connectivity index (χ3v) is 8.31. The van der Waals surface area contributed by atoms with Gasteiger partial charge < -0.3 is 35.3 Å². The van der Waals surface area contributed by atoms with E-state index < -0.39 is 37.4 Å². The molecule has 1 aromatic heterocycles. The quantitative estimate of drug-likeness (QED) is 0.0152. The van der Waals surface area contributed by atoms with Crippen LogP contribution in [0.15, 0.2) is 67.4 Å². The zero-order valence-corrected chi connectivity index (χ0v) is 32.3. The van der Waals surface area contributed by atoms with Gasteiger partial charge in [-0.1, -0.05) is 16.6 Å². The van der Waals surface area contributed by atoms with E-state index in [4.69, 9.17) is 16.9 Å². The van der Waals surface area contributed by atoms with E-state index in [0.717, 1.165) is 6.07 Å². The molecule has 0 aliphatic rings. The van der Waals surface area contributed by atoms with Gasteiger partial charge in [0.15, 0.2) is 11.6 Å². The SMILES string of the molecule is O=S(=O)([O-])c1cc2cc(SOO[O-])ccc2c(O)c1N=Nc1cc(Nc2nc(N(CCO)CCO)nc(F)c2Cl)ccc1SOOO.[Na+].[Na+]. The molecule has 0 amide bonds. The number of nitrogens with zero attached hydrogens (tertiary/aromatic N) is 5. The number of aromatic nitrogens is 2. The van der Waals surface area contributed by atoms with Crippen LogP contribution in [0.1, 0.15) is 0 Å². The zero-order valence-electron chi connectivity index (χ0n) is 25.1. The summed E-state index contributed by atoms with van der Waals surface area (Å²) in [6.07, 6.45) is 0. The number of aromatic hydroxyl groups is 1. The van der Waals surface area contributed by atoms with E-state index in [0.29, 0.717) is 24.1 Å². The Morgan fingerprint density at radius 1 is 1.02 bits per heavy atom. The summed E-state index contributed by atoms with van der Waals surface area (Å²) in [5, 5.41) is 65.4.